The van der Waals surface area contributed by atoms with Crippen LogP contribution in [0.5, 0.6) is 0 Å². The fourth-order valence-electron chi connectivity index (χ4n) is 11.5. The van der Waals surface area contributed by atoms with Gasteiger partial charge in [-0.25, -0.2) is 0 Å². The molecule has 0 heterocycles. The lowest BCUT2D eigenvalue weighted by Gasteiger charge is -2.62. The molecule has 9 heteroatoms. The molecule has 2 saturated carbocycles. The van der Waals surface area contributed by atoms with Crippen LogP contribution < -0.4 is 0 Å². The summed E-state index contributed by atoms with van der Waals surface area (Å²) >= 11 is 0. The van der Waals surface area contributed by atoms with Crippen molar-refractivity contribution in [2.45, 2.75) is 216 Å². The van der Waals surface area contributed by atoms with Gasteiger partial charge in [-0.2, -0.15) is 0 Å². The zero-order chi connectivity index (χ0) is 43.6. The van der Waals surface area contributed by atoms with E-state index >= 15 is 0 Å². The second-order valence-corrected chi connectivity index (χ2v) is 20.1. The van der Waals surface area contributed by atoms with Crippen molar-refractivity contribution in [3.05, 3.63) is 0 Å². The molecule has 2 aliphatic carbocycles. The molecule has 0 N–H and O–H groups in total. The minimum atomic E-state index is -0.467. The number of unbranched alkanes of at least 4 members (excludes halogenated alkanes) is 8. The maximum Gasteiger partial charge on any atom is 0.306 e. The van der Waals surface area contributed by atoms with Gasteiger partial charge in [-0.3, -0.25) is 19.2 Å². The van der Waals surface area contributed by atoms with Crippen molar-refractivity contribution in [2.24, 2.45) is 33.5 Å². The molecule has 0 aromatic rings. The monoisotopic (exact) mass is 834 g/mol. The summed E-state index contributed by atoms with van der Waals surface area (Å²) in [5.41, 5.74) is -1.77. The summed E-state index contributed by atoms with van der Waals surface area (Å²) in [6.07, 6.45) is 23.6. The first kappa shape index (κ1) is 53.0. The molecule has 0 spiro atoms. The number of carbonyl (C=O) groups excluding carboxylic acids is 4. The van der Waals surface area contributed by atoms with Gasteiger partial charge in [-0.1, -0.05) is 132 Å². The lowest BCUT2D eigenvalue weighted by molar-refractivity contribution is -0.195. The zero-order valence-corrected chi connectivity index (χ0v) is 39.6. The quantitative estimate of drug-likeness (QED) is 0.0267. The summed E-state index contributed by atoms with van der Waals surface area (Å²) in [4.78, 5) is 54.6. The van der Waals surface area contributed by atoms with Crippen LogP contribution in [0, 0.1) is 33.5 Å². The lowest BCUT2D eigenvalue weighted by atomic mass is 9.44. The number of hydrogen-bond donors (Lipinski definition) is 0. The largest absolute Gasteiger partial charge is 0.467 e. The average Bonchev–Trinajstić information content (AvgIpc) is 3.19. The van der Waals surface area contributed by atoms with Crippen LogP contribution in [0.2, 0.25) is 0 Å². The Morgan fingerprint density at radius 2 is 0.915 bits per heavy atom. The number of esters is 3. The molecule has 59 heavy (non-hydrogen) atoms. The maximum absolute atomic E-state index is 13.8. The van der Waals surface area contributed by atoms with Crippen molar-refractivity contribution in [1.82, 2.24) is 4.90 Å². The number of carbonyl (C=O) groups is 4. The molecule has 2 bridgehead atoms. The average molecular weight is 834 g/mol. The van der Waals surface area contributed by atoms with Crippen LogP contribution in [0.1, 0.15) is 216 Å². The molecule has 0 amide bonds. The molecule has 0 aromatic heterocycles. The molecule has 344 valence electrons. The van der Waals surface area contributed by atoms with Gasteiger partial charge in [0.15, 0.2) is 0 Å². The van der Waals surface area contributed by atoms with Gasteiger partial charge in [0, 0.05) is 40.9 Å². The minimum absolute atomic E-state index is 0.129. The summed E-state index contributed by atoms with van der Waals surface area (Å²) in [6, 6.07) is 0. The third-order valence-electron chi connectivity index (χ3n) is 13.6. The van der Waals surface area contributed by atoms with Crippen LogP contribution >= 0.6 is 0 Å². The second-order valence-electron chi connectivity index (χ2n) is 20.1. The van der Waals surface area contributed by atoms with Crippen LogP contribution in [-0.4, -0.2) is 75.3 Å². The van der Waals surface area contributed by atoms with Crippen molar-refractivity contribution in [3.8, 4) is 0 Å². The lowest BCUT2D eigenvalue weighted by Crippen LogP contribution is -2.58. The van der Waals surface area contributed by atoms with E-state index in [9.17, 15) is 19.2 Å². The van der Waals surface area contributed by atoms with Crippen LogP contribution in [-0.2, 0) is 38.1 Å². The standard InChI is InChI=1S/C50H91NO8/c1-9-15-19-24-42(25-20-16-10-2)30-45(54)57-38-48(8)34-49(39-58-44(53)28-23-29-51(13-5)14-6)32-47(7,37-56-41-52)33-50(35-48,36-49)40-59-46(55)31-43(26-21-17-11-3)27-22-18-12-4/h41-43H,9-40H2,1-8H3. The van der Waals surface area contributed by atoms with E-state index in [4.69, 9.17) is 18.9 Å². The number of nitrogens with zero attached hydrogens (tertiary/aromatic N) is 1. The normalized spacial score (nSPS) is 24.1. The highest BCUT2D eigenvalue weighted by atomic mass is 16.5. The summed E-state index contributed by atoms with van der Waals surface area (Å²) < 4.78 is 24.3. The molecular weight excluding hydrogens is 743 g/mol. The first-order valence-electron chi connectivity index (χ1n) is 24.5. The molecule has 0 aromatic carbocycles. The minimum Gasteiger partial charge on any atom is -0.467 e. The second kappa shape index (κ2) is 28.4. The van der Waals surface area contributed by atoms with Gasteiger partial charge < -0.3 is 23.8 Å². The molecule has 9 nitrogen and oxygen atoms in total. The van der Waals surface area contributed by atoms with Crippen molar-refractivity contribution in [1.29, 1.82) is 0 Å². The van der Waals surface area contributed by atoms with Crippen molar-refractivity contribution in [2.75, 3.05) is 46.1 Å². The van der Waals surface area contributed by atoms with Gasteiger partial charge >= 0.3 is 17.9 Å². The molecular formula is C50H91NO8. The van der Waals surface area contributed by atoms with E-state index in [1.54, 1.807) is 0 Å². The van der Waals surface area contributed by atoms with E-state index in [-0.39, 0.29) is 44.3 Å². The first-order valence-corrected chi connectivity index (χ1v) is 24.5. The Balaban J connectivity index is 2.39. The summed E-state index contributed by atoms with van der Waals surface area (Å²) in [7, 11) is 0. The SMILES string of the molecule is CCCCCC(CCCCC)CC(=O)OCC1(C)CC2(COC(=O)CCCN(CC)CC)CC(C)(COC=O)CC(COC(=O)CC(CCCCC)CCCCC)(C1)C2. The van der Waals surface area contributed by atoms with Crippen molar-refractivity contribution < 1.29 is 38.1 Å². The van der Waals surface area contributed by atoms with Crippen LogP contribution in [0.4, 0.5) is 0 Å². The molecule has 4 atom stereocenters. The number of ether oxygens (including phenoxy) is 4. The Hall–Kier alpha value is -2.16. The van der Waals surface area contributed by atoms with E-state index in [0.29, 0.717) is 63.3 Å². The third kappa shape index (κ3) is 20.5. The Kier molecular flexibility index (Phi) is 25.5. The molecule has 0 aliphatic heterocycles. The highest BCUT2D eigenvalue weighted by Crippen LogP contribution is 2.66. The Morgan fingerprint density at radius 3 is 1.31 bits per heavy atom. The Labute approximate surface area is 361 Å². The predicted octanol–water partition coefficient (Wildman–Crippen LogP) is 12.2. The summed E-state index contributed by atoms with van der Waals surface area (Å²) in [5, 5.41) is 0. The maximum atomic E-state index is 13.8. The van der Waals surface area contributed by atoms with Gasteiger partial charge in [0.2, 0.25) is 0 Å². The zero-order valence-electron chi connectivity index (χ0n) is 39.6. The van der Waals surface area contributed by atoms with E-state index in [2.05, 4.69) is 60.3 Å². The Morgan fingerprint density at radius 1 is 0.525 bits per heavy atom. The number of rotatable bonds is 35. The first-order chi connectivity index (χ1) is 28.3. The molecule has 0 saturated heterocycles. The van der Waals surface area contributed by atoms with E-state index in [0.717, 1.165) is 110 Å². The summed E-state index contributed by atoms with van der Waals surface area (Å²) in [5.74, 6) is 0.182. The van der Waals surface area contributed by atoms with Crippen LogP contribution in [0.3, 0.4) is 0 Å². The van der Waals surface area contributed by atoms with E-state index < -0.39 is 21.7 Å². The Bertz CT molecular complexity index is 1170. The van der Waals surface area contributed by atoms with Gasteiger partial charge in [0.1, 0.15) is 0 Å². The van der Waals surface area contributed by atoms with Gasteiger partial charge in [0.05, 0.1) is 26.4 Å². The van der Waals surface area contributed by atoms with Gasteiger partial charge in [0.25, 0.3) is 6.47 Å². The highest BCUT2D eigenvalue weighted by Gasteiger charge is 2.61. The van der Waals surface area contributed by atoms with Gasteiger partial charge in [-0.05, 0) is 95.7 Å². The molecule has 2 rings (SSSR count). The van der Waals surface area contributed by atoms with Crippen LogP contribution in [0.25, 0.3) is 0 Å². The third-order valence-corrected chi connectivity index (χ3v) is 13.6. The van der Waals surface area contributed by atoms with Crippen LogP contribution in [0.15, 0.2) is 0 Å². The molecule has 0 radical (unpaired) electrons. The summed E-state index contributed by atoms with van der Waals surface area (Å²) in [6.45, 7) is 21.8. The smallest absolute Gasteiger partial charge is 0.306 e. The predicted molar refractivity (Wildman–Crippen MR) is 239 cm³/mol. The fraction of sp³-hybridized carbons (Fsp3) is 0.920. The van der Waals surface area contributed by atoms with Gasteiger partial charge in [-0.15, -0.1) is 0 Å². The number of fused-ring (bicyclic) bond motifs is 2. The van der Waals surface area contributed by atoms with Crippen molar-refractivity contribution >= 4 is 24.4 Å². The van der Waals surface area contributed by atoms with E-state index in [1.165, 1.54) is 25.7 Å². The molecule has 2 fully saturated rings. The topological polar surface area (TPSA) is 108 Å². The fourth-order valence-corrected chi connectivity index (χ4v) is 11.5. The number of hydrogen-bond acceptors (Lipinski definition) is 9. The molecule has 4 unspecified atom stereocenters. The van der Waals surface area contributed by atoms with Crippen molar-refractivity contribution in [3.63, 3.8) is 0 Å². The molecule has 2 aliphatic rings. The highest BCUT2D eigenvalue weighted by molar-refractivity contribution is 5.70. The van der Waals surface area contributed by atoms with E-state index in [1.807, 2.05) is 0 Å².